The van der Waals surface area contributed by atoms with Crippen molar-refractivity contribution in [1.82, 2.24) is 20.3 Å². The van der Waals surface area contributed by atoms with Crippen LogP contribution in [-0.2, 0) is 4.79 Å². The lowest BCUT2D eigenvalue weighted by molar-refractivity contribution is -0.135. The Kier molecular flexibility index (Phi) is 4.95. The van der Waals surface area contributed by atoms with Gasteiger partial charge in [-0.3, -0.25) is 9.59 Å². The molecule has 122 valence electrons. The summed E-state index contributed by atoms with van der Waals surface area (Å²) in [4.78, 5) is 22.4. The monoisotopic (exact) mass is 318 g/mol. The van der Waals surface area contributed by atoms with Crippen LogP contribution in [-0.4, -0.2) is 44.6 Å². The summed E-state index contributed by atoms with van der Waals surface area (Å²) in [5.41, 5.74) is 1.34. The third-order valence-corrected chi connectivity index (χ3v) is 2.96. The second-order valence-electron chi connectivity index (χ2n) is 5.17. The van der Waals surface area contributed by atoms with Gasteiger partial charge >= 0.3 is 5.97 Å². The lowest BCUT2D eigenvalue weighted by atomic mass is 10.2. The first-order valence-corrected chi connectivity index (χ1v) is 7.08. The van der Waals surface area contributed by atoms with Gasteiger partial charge in [-0.25, -0.2) is 4.68 Å². The first kappa shape index (κ1) is 16.5. The number of amides is 1. The minimum absolute atomic E-state index is 0.0819. The third kappa shape index (κ3) is 4.06. The molecule has 0 saturated carbocycles. The topological polar surface area (TPSA) is 106 Å². The Labute approximate surface area is 133 Å². The lowest BCUT2D eigenvalue weighted by Gasteiger charge is -2.10. The van der Waals surface area contributed by atoms with Crippen molar-refractivity contribution in [3.05, 3.63) is 35.7 Å². The van der Waals surface area contributed by atoms with Gasteiger partial charge < -0.3 is 15.2 Å². The molecule has 0 aliphatic carbocycles. The SMILES string of the molecule is Cc1c(C(=O)NCC(=O)O)nnn1-c1ccc(OC(C)C)cc1. The van der Waals surface area contributed by atoms with E-state index < -0.39 is 18.4 Å². The number of nitrogens with zero attached hydrogens (tertiary/aromatic N) is 3. The van der Waals surface area contributed by atoms with Gasteiger partial charge in [-0.15, -0.1) is 5.10 Å². The highest BCUT2D eigenvalue weighted by atomic mass is 16.5. The zero-order valence-corrected chi connectivity index (χ0v) is 13.1. The lowest BCUT2D eigenvalue weighted by Crippen LogP contribution is -2.30. The molecule has 0 radical (unpaired) electrons. The number of hydrogen-bond acceptors (Lipinski definition) is 5. The van der Waals surface area contributed by atoms with Gasteiger partial charge in [0.2, 0.25) is 0 Å². The van der Waals surface area contributed by atoms with Crippen LogP contribution in [0.15, 0.2) is 24.3 Å². The Morgan fingerprint density at radius 1 is 1.30 bits per heavy atom. The van der Waals surface area contributed by atoms with Gasteiger partial charge in [-0.2, -0.15) is 0 Å². The van der Waals surface area contributed by atoms with Crippen molar-refractivity contribution in [3.8, 4) is 11.4 Å². The third-order valence-electron chi connectivity index (χ3n) is 2.96. The zero-order chi connectivity index (χ0) is 17.0. The van der Waals surface area contributed by atoms with Crippen LogP contribution in [0, 0.1) is 6.92 Å². The summed E-state index contributed by atoms with van der Waals surface area (Å²) >= 11 is 0. The normalized spacial score (nSPS) is 10.6. The highest BCUT2D eigenvalue weighted by molar-refractivity contribution is 5.94. The maximum absolute atomic E-state index is 11.9. The molecule has 2 N–H and O–H groups in total. The van der Waals surface area contributed by atoms with E-state index in [1.54, 1.807) is 31.2 Å². The van der Waals surface area contributed by atoms with E-state index in [-0.39, 0.29) is 11.8 Å². The van der Waals surface area contributed by atoms with Gasteiger partial charge in [-0.1, -0.05) is 5.21 Å². The van der Waals surface area contributed by atoms with Crippen molar-refractivity contribution in [2.75, 3.05) is 6.54 Å². The van der Waals surface area contributed by atoms with E-state index in [4.69, 9.17) is 9.84 Å². The number of carbonyl (C=O) groups excluding carboxylic acids is 1. The fourth-order valence-corrected chi connectivity index (χ4v) is 1.96. The van der Waals surface area contributed by atoms with Crippen LogP contribution >= 0.6 is 0 Å². The number of nitrogens with one attached hydrogen (secondary N) is 1. The Bertz CT molecular complexity index is 707. The van der Waals surface area contributed by atoms with Crippen LogP contribution in [0.4, 0.5) is 0 Å². The molecule has 0 unspecified atom stereocenters. The predicted molar refractivity (Wildman–Crippen MR) is 81.8 cm³/mol. The number of aliphatic carboxylic acids is 1. The van der Waals surface area contributed by atoms with E-state index in [9.17, 15) is 9.59 Å². The maximum Gasteiger partial charge on any atom is 0.322 e. The predicted octanol–water partition coefficient (Wildman–Crippen LogP) is 1.18. The average Bonchev–Trinajstić information content (AvgIpc) is 2.87. The largest absolute Gasteiger partial charge is 0.491 e. The Morgan fingerprint density at radius 3 is 2.52 bits per heavy atom. The molecule has 8 nitrogen and oxygen atoms in total. The molecule has 0 atom stereocenters. The van der Waals surface area contributed by atoms with Crippen LogP contribution < -0.4 is 10.1 Å². The number of hydrogen-bond donors (Lipinski definition) is 2. The number of benzene rings is 1. The molecule has 0 fully saturated rings. The Morgan fingerprint density at radius 2 is 1.96 bits per heavy atom. The van der Waals surface area contributed by atoms with E-state index >= 15 is 0 Å². The van der Waals surface area contributed by atoms with E-state index in [1.165, 1.54) is 4.68 Å². The van der Waals surface area contributed by atoms with Crippen LogP contribution in [0.3, 0.4) is 0 Å². The molecule has 0 spiro atoms. The molecule has 0 aliphatic heterocycles. The zero-order valence-electron chi connectivity index (χ0n) is 13.1. The summed E-state index contributed by atoms with van der Waals surface area (Å²) in [7, 11) is 0. The Hall–Kier alpha value is -2.90. The number of carboxylic acids is 1. The minimum Gasteiger partial charge on any atom is -0.491 e. The van der Waals surface area contributed by atoms with Crippen molar-refractivity contribution in [2.24, 2.45) is 0 Å². The van der Waals surface area contributed by atoms with Crippen LogP contribution in [0.2, 0.25) is 0 Å². The van der Waals surface area contributed by atoms with Crippen molar-refractivity contribution in [1.29, 1.82) is 0 Å². The van der Waals surface area contributed by atoms with E-state index in [2.05, 4.69) is 15.6 Å². The van der Waals surface area contributed by atoms with Gasteiger partial charge in [0.15, 0.2) is 5.69 Å². The minimum atomic E-state index is -1.12. The fourth-order valence-electron chi connectivity index (χ4n) is 1.96. The standard InChI is InChI=1S/C15H18N4O4/c1-9(2)23-12-6-4-11(5-7-12)19-10(3)14(17-18-19)15(22)16-8-13(20)21/h4-7,9H,8H2,1-3H3,(H,16,22)(H,20,21). The molecule has 1 aromatic heterocycles. The van der Waals surface area contributed by atoms with Crippen LogP contribution in [0.5, 0.6) is 5.75 Å². The summed E-state index contributed by atoms with van der Waals surface area (Å²) in [6, 6.07) is 7.22. The summed E-state index contributed by atoms with van der Waals surface area (Å²) in [5.74, 6) is -0.957. The molecule has 23 heavy (non-hydrogen) atoms. The molecule has 1 aromatic carbocycles. The van der Waals surface area contributed by atoms with Gasteiger partial charge in [0.25, 0.3) is 5.91 Å². The Balaban J connectivity index is 2.18. The van der Waals surface area contributed by atoms with E-state index in [0.717, 1.165) is 11.4 Å². The number of rotatable bonds is 6. The van der Waals surface area contributed by atoms with Crippen LogP contribution in [0.25, 0.3) is 5.69 Å². The second-order valence-corrected chi connectivity index (χ2v) is 5.17. The quantitative estimate of drug-likeness (QED) is 0.828. The smallest absolute Gasteiger partial charge is 0.322 e. The van der Waals surface area contributed by atoms with Gasteiger partial charge in [-0.05, 0) is 45.0 Å². The van der Waals surface area contributed by atoms with Gasteiger partial charge in [0.1, 0.15) is 12.3 Å². The number of carbonyl (C=O) groups is 2. The van der Waals surface area contributed by atoms with Crippen molar-refractivity contribution >= 4 is 11.9 Å². The fraction of sp³-hybridized carbons (Fsp3) is 0.333. The van der Waals surface area contributed by atoms with Gasteiger partial charge in [0.05, 0.1) is 17.5 Å². The van der Waals surface area contributed by atoms with Gasteiger partial charge in [0, 0.05) is 0 Å². The summed E-state index contributed by atoms with van der Waals surface area (Å²) in [6.07, 6.45) is 0.0819. The number of aromatic nitrogens is 3. The summed E-state index contributed by atoms with van der Waals surface area (Å²) in [6.45, 7) is 5.11. The molecule has 1 heterocycles. The first-order chi connectivity index (χ1) is 10.9. The first-order valence-electron chi connectivity index (χ1n) is 7.08. The van der Waals surface area contributed by atoms with Crippen LogP contribution in [0.1, 0.15) is 30.0 Å². The summed E-state index contributed by atoms with van der Waals surface area (Å²) < 4.78 is 7.08. The number of ether oxygens (including phenoxy) is 1. The molecule has 0 aliphatic rings. The van der Waals surface area contributed by atoms with E-state index in [0.29, 0.717) is 5.69 Å². The molecule has 2 aromatic rings. The second kappa shape index (κ2) is 6.91. The summed E-state index contributed by atoms with van der Waals surface area (Å²) in [5, 5.41) is 18.6. The molecule has 0 saturated heterocycles. The maximum atomic E-state index is 11.9. The van der Waals surface area contributed by atoms with E-state index in [1.807, 2.05) is 13.8 Å². The molecule has 2 rings (SSSR count). The molecular weight excluding hydrogens is 300 g/mol. The van der Waals surface area contributed by atoms with Crippen molar-refractivity contribution in [3.63, 3.8) is 0 Å². The molecular formula is C15H18N4O4. The van der Waals surface area contributed by atoms with Crippen molar-refractivity contribution < 1.29 is 19.4 Å². The molecule has 8 heteroatoms. The molecule has 1 amide bonds. The highest BCUT2D eigenvalue weighted by Crippen LogP contribution is 2.18. The number of carboxylic acid groups (broad SMARTS) is 1. The average molecular weight is 318 g/mol. The van der Waals surface area contributed by atoms with Crippen molar-refractivity contribution in [2.45, 2.75) is 26.9 Å². The molecule has 0 bridgehead atoms. The highest BCUT2D eigenvalue weighted by Gasteiger charge is 2.17.